The summed E-state index contributed by atoms with van der Waals surface area (Å²) in [6, 6.07) is 7.77. The van der Waals surface area contributed by atoms with E-state index in [1.54, 1.807) is 12.5 Å². The number of imidazole rings is 1. The molecule has 1 atom stereocenters. The van der Waals surface area contributed by atoms with Crippen molar-refractivity contribution in [2.24, 2.45) is 0 Å². The molecule has 2 aromatic rings. The number of carbonyl (C=O) groups is 1. The van der Waals surface area contributed by atoms with Crippen molar-refractivity contribution in [2.45, 2.75) is 32.6 Å². The molecule has 5 heteroatoms. The van der Waals surface area contributed by atoms with Gasteiger partial charge in [0.15, 0.2) is 0 Å². The number of anilines is 1. The van der Waals surface area contributed by atoms with Crippen LogP contribution in [0, 0.1) is 0 Å². The standard InChI is InChI=1S/C16H22N4O/c1-3-12(2)14-6-4-5-7-15(14)20-16(21)18-9-8-13-10-17-11-19-13/h4-7,10-12H,3,8-9H2,1-2H3,(H,17,19)(H2,18,20,21). The molecule has 0 spiro atoms. The van der Waals surface area contributed by atoms with Gasteiger partial charge in [0.1, 0.15) is 0 Å². The highest BCUT2D eigenvalue weighted by Gasteiger charge is 2.10. The SMILES string of the molecule is CCC(C)c1ccccc1NC(=O)NCCc1cnc[nH]1. The number of rotatable bonds is 6. The average molecular weight is 286 g/mol. The Kier molecular flexibility index (Phi) is 5.37. The van der Waals surface area contributed by atoms with Gasteiger partial charge < -0.3 is 15.6 Å². The summed E-state index contributed by atoms with van der Waals surface area (Å²) in [5.74, 6) is 0.423. The molecule has 3 N–H and O–H groups in total. The Morgan fingerprint density at radius 3 is 2.90 bits per heavy atom. The van der Waals surface area contributed by atoms with Gasteiger partial charge in [-0.15, -0.1) is 0 Å². The summed E-state index contributed by atoms with van der Waals surface area (Å²) >= 11 is 0. The van der Waals surface area contributed by atoms with E-state index in [1.165, 1.54) is 5.56 Å². The third-order valence-corrected chi connectivity index (χ3v) is 3.59. The average Bonchev–Trinajstić information content (AvgIpc) is 3.00. The smallest absolute Gasteiger partial charge is 0.319 e. The van der Waals surface area contributed by atoms with Gasteiger partial charge in [0.05, 0.1) is 6.33 Å². The van der Waals surface area contributed by atoms with Crippen molar-refractivity contribution in [2.75, 3.05) is 11.9 Å². The monoisotopic (exact) mass is 286 g/mol. The first-order valence-electron chi connectivity index (χ1n) is 7.31. The van der Waals surface area contributed by atoms with Crippen LogP contribution in [0.15, 0.2) is 36.8 Å². The number of carbonyl (C=O) groups excluding carboxylic acids is 1. The maximum Gasteiger partial charge on any atom is 0.319 e. The zero-order chi connectivity index (χ0) is 15.1. The maximum absolute atomic E-state index is 12.0. The number of nitrogens with one attached hydrogen (secondary N) is 3. The second kappa shape index (κ2) is 7.47. The number of benzene rings is 1. The number of H-pyrrole nitrogens is 1. The van der Waals surface area contributed by atoms with Crippen molar-refractivity contribution in [3.63, 3.8) is 0 Å². The van der Waals surface area contributed by atoms with E-state index in [2.05, 4.69) is 40.5 Å². The van der Waals surface area contributed by atoms with Gasteiger partial charge in [-0.2, -0.15) is 0 Å². The van der Waals surface area contributed by atoms with Crippen LogP contribution < -0.4 is 10.6 Å². The van der Waals surface area contributed by atoms with Gasteiger partial charge in [-0.05, 0) is 24.0 Å². The Morgan fingerprint density at radius 1 is 1.38 bits per heavy atom. The minimum atomic E-state index is -0.176. The summed E-state index contributed by atoms with van der Waals surface area (Å²) in [4.78, 5) is 18.9. The normalized spacial score (nSPS) is 11.9. The van der Waals surface area contributed by atoms with Gasteiger partial charge in [0, 0.05) is 30.5 Å². The first kappa shape index (κ1) is 15.1. The number of hydrogen-bond donors (Lipinski definition) is 3. The molecule has 5 nitrogen and oxygen atoms in total. The summed E-state index contributed by atoms with van der Waals surface area (Å²) in [7, 11) is 0. The van der Waals surface area contributed by atoms with Crippen molar-refractivity contribution >= 4 is 11.7 Å². The molecule has 0 radical (unpaired) electrons. The van der Waals surface area contributed by atoms with E-state index in [9.17, 15) is 4.79 Å². The second-order valence-electron chi connectivity index (χ2n) is 5.10. The molecule has 0 aliphatic heterocycles. The van der Waals surface area contributed by atoms with E-state index in [4.69, 9.17) is 0 Å². The van der Waals surface area contributed by atoms with Crippen LogP contribution in [-0.2, 0) is 6.42 Å². The largest absolute Gasteiger partial charge is 0.348 e. The van der Waals surface area contributed by atoms with Crippen LogP contribution in [0.4, 0.5) is 10.5 Å². The van der Waals surface area contributed by atoms with Crippen molar-refractivity contribution in [3.8, 4) is 0 Å². The van der Waals surface area contributed by atoms with Crippen LogP contribution in [0.2, 0.25) is 0 Å². The zero-order valence-electron chi connectivity index (χ0n) is 12.5. The van der Waals surface area contributed by atoms with Crippen molar-refractivity contribution in [3.05, 3.63) is 48.0 Å². The van der Waals surface area contributed by atoms with E-state index in [1.807, 2.05) is 18.2 Å². The van der Waals surface area contributed by atoms with Gasteiger partial charge >= 0.3 is 6.03 Å². The lowest BCUT2D eigenvalue weighted by Gasteiger charge is -2.15. The molecule has 1 unspecified atom stereocenters. The molecular weight excluding hydrogens is 264 g/mol. The van der Waals surface area contributed by atoms with E-state index in [0.29, 0.717) is 12.5 Å². The highest BCUT2D eigenvalue weighted by molar-refractivity contribution is 5.90. The molecule has 0 bridgehead atoms. The highest BCUT2D eigenvalue weighted by atomic mass is 16.2. The van der Waals surface area contributed by atoms with Gasteiger partial charge in [0.2, 0.25) is 0 Å². The quantitative estimate of drug-likeness (QED) is 0.762. The summed E-state index contributed by atoms with van der Waals surface area (Å²) in [6.07, 6.45) is 5.18. The Balaban J connectivity index is 1.87. The van der Waals surface area contributed by atoms with E-state index >= 15 is 0 Å². The number of aromatic amines is 1. The Hall–Kier alpha value is -2.30. The first-order chi connectivity index (χ1) is 10.2. The van der Waals surface area contributed by atoms with Gasteiger partial charge in [-0.3, -0.25) is 0 Å². The predicted octanol–water partition coefficient (Wildman–Crippen LogP) is 3.29. The fraction of sp³-hybridized carbons (Fsp3) is 0.375. The molecule has 1 aromatic carbocycles. The number of hydrogen-bond acceptors (Lipinski definition) is 2. The van der Waals surface area contributed by atoms with Crippen molar-refractivity contribution < 1.29 is 4.79 Å². The molecule has 2 amide bonds. The number of para-hydroxylation sites is 1. The van der Waals surface area contributed by atoms with E-state index < -0.39 is 0 Å². The Morgan fingerprint density at radius 2 is 2.19 bits per heavy atom. The second-order valence-corrected chi connectivity index (χ2v) is 5.10. The lowest BCUT2D eigenvalue weighted by Crippen LogP contribution is -2.30. The van der Waals surface area contributed by atoms with Gasteiger partial charge in [-0.25, -0.2) is 9.78 Å². The first-order valence-corrected chi connectivity index (χ1v) is 7.31. The third kappa shape index (κ3) is 4.34. The van der Waals surface area contributed by atoms with Crippen LogP contribution in [0.1, 0.15) is 37.4 Å². The van der Waals surface area contributed by atoms with Crippen LogP contribution >= 0.6 is 0 Å². The molecule has 0 saturated carbocycles. The number of amides is 2. The minimum absolute atomic E-state index is 0.176. The molecule has 0 saturated heterocycles. The van der Waals surface area contributed by atoms with Crippen LogP contribution in [0.3, 0.4) is 0 Å². The van der Waals surface area contributed by atoms with Gasteiger partial charge in [0.25, 0.3) is 0 Å². The fourth-order valence-corrected chi connectivity index (χ4v) is 2.16. The van der Waals surface area contributed by atoms with Crippen LogP contribution in [-0.4, -0.2) is 22.5 Å². The third-order valence-electron chi connectivity index (χ3n) is 3.59. The zero-order valence-corrected chi connectivity index (χ0v) is 12.5. The summed E-state index contributed by atoms with van der Waals surface area (Å²) in [6.45, 7) is 4.88. The summed E-state index contributed by atoms with van der Waals surface area (Å²) < 4.78 is 0. The molecule has 1 aromatic heterocycles. The Labute approximate surface area is 125 Å². The number of aromatic nitrogens is 2. The highest BCUT2D eigenvalue weighted by Crippen LogP contribution is 2.26. The predicted molar refractivity (Wildman–Crippen MR) is 84.5 cm³/mol. The van der Waals surface area contributed by atoms with Gasteiger partial charge in [-0.1, -0.05) is 32.0 Å². The van der Waals surface area contributed by atoms with E-state index in [0.717, 1.165) is 24.2 Å². The lowest BCUT2D eigenvalue weighted by atomic mass is 9.97. The summed E-state index contributed by atoms with van der Waals surface area (Å²) in [5, 5.41) is 5.79. The number of urea groups is 1. The summed E-state index contributed by atoms with van der Waals surface area (Å²) in [5.41, 5.74) is 3.06. The molecule has 0 aliphatic rings. The van der Waals surface area contributed by atoms with Crippen molar-refractivity contribution in [1.29, 1.82) is 0 Å². The molecule has 2 rings (SSSR count). The topological polar surface area (TPSA) is 69.8 Å². The fourth-order valence-electron chi connectivity index (χ4n) is 2.16. The van der Waals surface area contributed by atoms with Crippen LogP contribution in [0.25, 0.3) is 0 Å². The molecular formula is C16H22N4O. The lowest BCUT2D eigenvalue weighted by molar-refractivity contribution is 0.252. The molecule has 112 valence electrons. The van der Waals surface area contributed by atoms with Crippen molar-refractivity contribution in [1.82, 2.24) is 15.3 Å². The number of nitrogens with zero attached hydrogens (tertiary/aromatic N) is 1. The molecule has 1 heterocycles. The molecule has 0 fully saturated rings. The minimum Gasteiger partial charge on any atom is -0.348 e. The maximum atomic E-state index is 12.0. The molecule has 21 heavy (non-hydrogen) atoms. The van der Waals surface area contributed by atoms with Crippen LogP contribution in [0.5, 0.6) is 0 Å². The van der Waals surface area contributed by atoms with E-state index in [-0.39, 0.29) is 6.03 Å². The Bertz CT molecular complexity index is 565. The molecule has 0 aliphatic carbocycles.